The van der Waals surface area contributed by atoms with Crippen molar-refractivity contribution in [1.29, 1.82) is 0 Å². The quantitative estimate of drug-likeness (QED) is 0.438. The SMILES string of the molecule is C#CCN=C(N)Nc1ccc(OC)cc1. The molecule has 0 aliphatic heterocycles. The zero-order valence-corrected chi connectivity index (χ0v) is 8.53. The highest BCUT2D eigenvalue weighted by molar-refractivity contribution is 5.92. The molecule has 0 bridgehead atoms. The topological polar surface area (TPSA) is 59.6 Å². The molecule has 0 aliphatic rings. The number of anilines is 1. The van der Waals surface area contributed by atoms with Crippen molar-refractivity contribution in [2.75, 3.05) is 19.0 Å². The van der Waals surface area contributed by atoms with Gasteiger partial charge in [0.2, 0.25) is 0 Å². The molecule has 1 rings (SSSR count). The normalized spacial score (nSPS) is 10.5. The van der Waals surface area contributed by atoms with Gasteiger partial charge in [-0.25, -0.2) is 4.99 Å². The Kier molecular flexibility index (Phi) is 4.05. The fourth-order valence-corrected chi connectivity index (χ4v) is 0.993. The fraction of sp³-hybridized carbons (Fsp3) is 0.182. The summed E-state index contributed by atoms with van der Waals surface area (Å²) in [7, 11) is 1.62. The predicted molar refractivity (Wildman–Crippen MR) is 61.9 cm³/mol. The number of ether oxygens (including phenoxy) is 1. The van der Waals surface area contributed by atoms with Gasteiger partial charge in [-0.1, -0.05) is 5.92 Å². The van der Waals surface area contributed by atoms with E-state index < -0.39 is 0 Å². The molecular weight excluding hydrogens is 190 g/mol. The number of benzene rings is 1. The smallest absolute Gasteiger partial charge is 0.194 e. The molecule has 0 aliphatic carbocycles. The molecule has 0 aromatic heterocycles. The van der Waals surface area contributed by atoms with E-state index in [9.17, 15) is 0 Å². The van der Waals surface area contributed by atoms with Crippen LogP contribution in [0.1, 0.15) is 0 Å². The third kappa shape index (κ3) is 3.61. The average molecular weight is 203 g/mol. The van der Waals surface area contributed by atoms with Crippen LogP contribution in [-0.2, 0) is 0 Å². The van der Waals surface area contributed by atoms with E-state index in [0.717, 1.165) is 11.4 Å². The summed E-state index contributed by atoms with van der Waals surface area (Å²) in [5, 5.41) is 2.90. The minimum Gasteiger partial charge on any atom is -0.497 e. The van der Waals surface area contributed by atoms with Crippen LogP contribution >= 0.6 is 0 Å². The van der Waals surface area contributed by atoms with Crippen LogP contribution in [0.3, 0.4) is 0 Å². The number of terminal acetylenes is 1. The van der Waals surface area contributed by atoms with E-state index in [2.05, 4.69) is 16.2 Å². The van der Waals surface area contributed by atoms with Crippen molar-refractivity contribution in [2.24, 2.45) is 10.7 Å². The van der Waals surface area contributed by atoms with Crippen LogP contribution in [0, 0.1) is 12.3 Å². The maximum atomic E-state index is 5.57. The molecule has 0 spiro atoms. The lowest BCUT2D eigenvalue weighted by Crippen LogP contribution is -2.22. The van der Waals surface area contributed by atoms with Gasteiger partial charge in [-0.05, 0) is 24.3 Å². The predicted octanol–water partition coefficient (Wildman–Crippen LogP) is 1.06. The van der Waals surface area contributed by atoms with Crippen molar-refractivity contribution >= 4 is 11.6 Å². The first-order chi connectivity index (χ1) is 7.26. The van der Waals surface area contributed by atoms with Crippen LogP contribution < -0.4 is 15.8 Å². The lowest BCUT2D eigenvalue weighted by molar-refractivity contribution is 0.415. The average Bonchev–Trinajstić information content (AvgIpc) is 2.27. The molecule has 1 aromatic carbocycles. The van der Waals surface area contributed by atoms with Gasteiger partial charge in [-0.2, -0.15) is 0 Å². The van der Waals surface area contributed by atoms with Crippen LogP contribution in [0.2, 0.25) is 0 Å². The number of aliphatic imine (C=N–C) groups is 1. The lowest BCUT2D eigenvalue weighted by Gasteiger charge is -2.05. The van der Waals surface area contributed by atoms with Crippen LogP contribution in [0.4, 0.5) is 5.69 Å². The number of nitrogens with two attached hydrogens (primary N) is 1. The van der Waals surface area contributed by atoms with Crippen molar-refractivity contribution in [2.45, 2.75) is 0 Å². The Bertz CT molecular complexity index is 376. The van der Waals surface area contributed by atoms with Gasteiger partial charge in [0.15, 0.2) is 5.96 Å². The van der Waals surface area contributed by atoms with Crippen molar-refractivity contribution in [1.82, 2.24) is 0 Å². The molecule has 78 valence electrons. The van der Waals surface area contributed by atoms with Crippen molar-refractivity contribution in [3.05, 3.63) is 24.3 Å². The highest BCUT2D eigenvalue weighted by Gasteiger charge is 1.94. The van der Waals surface area contributed by atoms with Gasteiger partial charge in [0.05, 0.1) is 7.11 Å². The summed E-state index contributed by atoms with van der Waals surface area (Å²) >= 11 is 0. The molecule has 4 heteroatoms. The molecule has 15 heavy (non-hydrogen) atoms. The van der Waals surface area contributed by atoms with Gasteiger partial charge in [-0.3, -0.25) is 0 Å². The summed E-state index contributed by atoms with van der Waals surface area (Å²) in [6.07, 6.45) is 5.05. The molecule has 1 aromatic rings. The molecule has 0 unspecified atom stereocenters. The largest absolute Gasteiger partial charge is 0.497 e. The number of nitrogens with zero attached hydrogens (tertiary/aromatic N) is 1. The second-order valence-electron chi connectivity index (χ2n) is 2.76. The van der Waals surface area contributed by atoms with E-state index in [1.165, 1.54) is 0 Å². The number of guanidine groups is 1. The van der Waals surface area contributed by atoms with Gasteiger partial charge >= 0.3 is 0 Å². The maximum absolute atomic E-state index is 5.57. The first kappa shape index (κ1) is 10.9. The highest BCUT2D eigenvalue weighted by atomic mass is 16.5. The molecule has 3 N–H and O–H groups in total. The Morgan fingerprint density at radius 2 is 2.20 bits per heavy atom. The Hall–Kier alpha value is -2.15. The van der Waals surface area contributed by atoms with Crippen LogP contribution in [-0.4, -0.2) is 19.6 Å². The standard InChI is InChI=1S/C11H13N3O/c1-3-8-13-11(12)14-9-4-6-10(15-2)7-5-9/h1,4-7H,8H2,2H3,(H3,12,13,14). The van der Waals surface area contributed by atoms with Gasteiger partial charge in [0, 0.05) is 5.69 Å². The number of rotatable bonds is 3. The monoisotopic (exact) mass is 203 g/mol. The molecule has 0 saturated carbocycles. The van der Waals surface area contributed by atoms with Gasteiger partial charge in [-0.15, -0.1) is 6.42 Å². The molecule has 0 saturated heterocycles. The molecule has 0 radical (unpaired) electrons. The third-order valence-electron chi connectivity index (χ3n) is 1.70. The van der Waals surface area contributed by atoms with E-state index in [1.807, 2.05) is 24.3 Å². The van der Waals surface area contributed by atoms with E-state index in [0.29, 0.717) is 5.96 Å². The molecule has 0 fully saturated rings. The Morgan fingerprint density at radius 3 is 2.73 bits per heavy atom. The first-order valence-corrected chi connectivity index (χ1v) is 4.40. The zero-order valence-electron chi connectivity index (χ0n) is 8.53. The first-order valence-electron chi connectivity index (χ1n) is 4.40. The fourth-order valence-electron chi connectivity index (χ4n) is 0.993. The summed E-state index contributed by atoms with van der Waals surface area (Å²) in [5.74, 6) is 3.47. The number of hydrogen-bond acceptors (Lipinski definition) is 2. The zero-order chi connectivity index (χ0) is 11.1. The van der Waals surface area contributed by atoms with Crippen molar-refractivity contribution in [3.63, 3.8) is 0 Å². The number of nitrogens with one attached hydrogen (secondary N) is 1. The van der Waals surface area contributed by atoms with Gasteiger partial charge < -0.3 is 15.8 Å². The van der Waals surface area contributed by atoms with Crippen molar-refractivity contribution < 1.29 is 4.74 Å². The summed E-state index contributed by atoms with van der Waals surface area (Å²) in [5.41, 5.74) is 6.42. The van der Waals surface area contributed by atoms with Gasteiger partial charge in [0.25, 0.3) is 0 Å². The maximum Gasteiger partial charge on any atom is 0.194 e. The van der Waals surface area contributed by atoms with Gasteiger partial charge in [0.1, 0.15) is 12.3 Å². The van der Waals surface area contributed by atoms with Crippen LogP contribution in [0.5, 0.6) is 5.75 Å². The van der Waals surface area contributed by atoms with E-state index in [1.54, 1.807) is 7.11 Å². The molecule has 0 atom stereocenters. The number of methoxy groups -OCH3 is 1. The summed E-state index contributed by atoms with van der Waals surface area (Å²) in [6.45, 7) is 0.273. The minimum absolute atomic E-state index is 0.273. The van der Waals surface area contributed by atoms with E-state index in [-0.39, 0.29) is 6.54 Å². The Balaban J connectivity index is 2.61. The van der Waals surface area contributed by atoms with Crippen molar-refractivity contribution in [3.8, 4) is 18.1 Å². The molecule has 0 amide bonds. The van der Waals surface area contributed by atoms with Crippen LogP contribution in [0.25, 0.3) is 0 Å². The number of hydrogen-bond donors (Lipinski definition) is 2. The minimum atomic E-state index is 0.273. The molecular formula is C11H13N3O. The summed E-state index contributed by atoms with van der Waals surface area (Å²) < 4.78 is 5.02. The summed E-state index contributed by atoms with van der Waals surface area (Å²) in [4.78, 5) is 3.90. The Morgan fingerprint density at radius 1 is 1.53 bits per heavy atom. The van der Waals surface area contributed by atoms with E-state index in [4.69, 9.17) is 16.9 Å². The molecule has 0 heterocycles. The Labute approximate surface area is 89.2 Å². The lowest BCUT2D eigenvalue weighted by atomic mass is 10.3. The second kappa shape index (κ2) is 5.55. The highest BCUT2D eigenvalue weighted by Crippen LogP contribution is 2.14. The third-order valence-corrected chi connectivity index (χ3v) is 1.70. The van der Waals surface area contributed by atoms with Crippen LogP contribution in [0.15, 0.2) is 29.3 Å². The molecule has 4 nitrogen and oxygen atoms in total. The van der Waals surface area contributed by atoms with E-state index >= 15 is 0 Å². The second-order valence-corrected chi connectivity index (χ2v) is 2.76. The summed E-state index contributed by atoms with van der Waals surface area (Å²) in [6, 6.07) is 7.35.